The predicted molar refractivity (Wildman–Crippen MR) is 97.6 cm³/mol. The van der Waals surface area contributed by atoms with Crippen LogP contribution in [0.4, 0.5) is 8.78 Å². The molecule has 5 nitrogen and oxygen atoms in total. The maximum absolute atomic E-state index is 13.6. The minimum atomic E-state index is -0.903. The zero-order chi connectivity index (χ0) is 19.7. The molecule has 2 amide bonds. The molecule has 3 rings (SSSR count). The van der Waals surface area contributed by atoms with Crippen LogP contribution in [-0.4, -0.2) is 35.8 Å². The molecule has 1 aromatic carbocycles. The Morgan fingerprint density at radius 1 is 1.41 bits per heavy atom. The van der Waals surface area contributed by atoms with Gasteiger partial charge in [0.2, 0.25) is 11.8 Å². The fourth-order valence-corrected chi connectivity index (χ4v) is 3.83. The number of halogens is 2. The Labute approximate surface area is 156 Å². The van der Waals surface area contributed by atoms with Gasteiger partial charge in [0, 0.05) is 30.6 Å². The Balaban J connectivity index is 1.73. The normalized spacial score (nSPS) is 20.8. The monoisotopic (exact) mass is 375 g/mol. The second-order valence-corrected chi connectivity index (χ2v) is 7.13. The van der Waals surface area contributed by atoms with Gasteiger partial charge in [0.05, 0.1) is 0 Å². The quantitative estimate of drug-likeness (QED) is 0.847. The van der Waals surface area contributed by atoms with Crippen molar-refractivity contribution in [1.82, 2.24) is 10.2 Å². The van der Waals surface area contributed by atoms with Gasteiger partial charge in [-0.3, -0.25) is 9.59 Å². The molecular formula is C20H23F2N3O2. The third kappa shape index (κ3) is 3.93. The fourth-order valence-electron chi connectivity index (χ4n) is 3.83. The Morgan fingerprint density at radius 2 is 2.11 bits per heavy atom. The standard InChI is InChI=1S/C20H23F2N3O2/c1-3-12-9-25(10-19(26)24-11(12)2)20(27)8-18(23)14-5-4-13-6-16(21)17(22)7-15(13)14/h3,6-7,14,18H,1,4-5,8-10,23H2,2H3,(H,24,26). The molecule has 0 fully saturated rings. The number of aryl methyl sites for hydroxylation is 1. The molecule has 7 heteroatoms. The first-order valence-corrected chi connectivity index (χ1v) is 8.93. The van der Waals surface area contributed by atoms with Gasteiger partial charge in [0.15, 0.2) is 11.6 Å². The van der Waals surface area contributed by atoms with Crippen molar-refractivity contribution >= 4 is 11.8 Å². The smallest absolute Gasteiger partial charge is 0.243 e. The number of carbonyl (C=O) groups excluding carboxylic acids is 2. The summed E-state index contributed by atoms with van der Waals surface area (Å²) in [6.45, 7) is 5.71. The molecule has 0 spiro atoms. The fraction of sp³-hybridized carbons (Fsp3) is 0.400. The van der Waals surface area contributed by atoms with Gasteiger partial charge in [-0.1, -0.05) is 12.7 Å². The average molecular weight is 375 g/mol. The lowest BCUT2D eigenvalue weighted by molar-refractivity contribution is -0.135. The lowest BCUT2D eigenvalue weighted by Crippen LogP contribution is -2.42. The van der Waals surface area contributed by atoms with Gasteiger partial charge in [-0.05, 0) is 48.6 Å². The second-order valence-electron chi connectivity index (χ2n) is 7.13. The Bertz CT molecular complexity index is 835. The van der Waals surface area contributed by atoms with Crippen LogP contribution in [0.15, 0.2) is 36.1 Å². The SMILES string of the molecule is C=CC1=C(C)NC(=O)CN(C(=O)CC(N)C2CCc3cc(F)c(F)cc32)C1. The lowest BCUT2D eigenvalue weighted by Gasteiger charge is -2.25. The third-order valence-electron chi connectivity index (χ3n) is 5.34. The first-order valence-electron chi connectivity index (χ1n) is 8.93. The zero-order valence-corrected chi connectivity index (χ0v) is 15.2. The molecule has 1 aliphatic heterocycles. The second kappa shape index (κ2) is 7.60. The van der Waals surface area contributed by atoms with E-state index in [1.807, 2.05) is 0 Å². The summed E-state index contributed by atoms with van der Waals surface area (Å²) in [4.78, 5) is 26.2. The summed E-state index contributed by atoms with van der Waals surface area (Å²) >= 11 is 0. The number of rotatable bonds is 4. The number of nitrogens with zero attached hydrogens (tertiary/aromatic N) is 1. The summed E-state index contributed by atoms with van der Waals surface area (Å²) in [6, 6.07) is 1.86. The first kappa shape index (κ1) is 19.2. The average Bonchev–Trinajstić information content (AvgIpc) is 2.93. The van der Waals surface area contributed by atoms with E-state index in [1.165, 1.54) is 17.0 Å². The lowest BCUT2D eigenvalue weighted by atomic mass is 9.91. The largest absolute Gasteiger partial charge is 0.329 e. The molecule has 2 unspecified atom stereocenters. The maximum Gasteiger partial charge on any atom is 0.243 e. The highest BCUT2D eigenvalue weighted by molar-refractivity contribution is 5.87. The Hall–Kier alpha value is -2.54. The van der Waals surface area contributed by atoms with Crippen molar-refractivity contribution in [2.75, 3.05) is 13.1 Å². The summed E-state index contributed by atoms with van der Waals surface area (Å²) in [5.41, 5.74) is 9.12. The van der Waals surface area contributed by atoms with Crippen molar-refractivity contribution in [3.8, 4) is 0 Å². The third-order valence-corrected chi connectivity index (χ3v) is 5.34. The van der Waals surface area contributed by atoms with Crippen LogP contribution >= 0.6 is 0 Å². The van der Waals surface area contributed by atoms with Crippen molar-refractivity contribution in [2.24, 2.45) is 5.73 Å². The maximum atomic E-state index is 13.6. The number of nitrogens with one attached hydrogen (secondary N) is 1. The van der Waals surface area contributed by atoms with Gasteiger partial charge in [-0.15, -0.1) is 0 Å². The van der Waals surface area contributed by atoms with Crippen molar-refractivity contribution in [3.05, 3.63) is 58.8 Å². The minimum absolute atomic E-state index is 0.0276. The van der Waals surface area contributed by atoms with Crippen LogP contribution in [0.1, 0.15) is 36.8 Å². The van der Waals surface area contributed by atoms with E-state index in [0.29, 0.717) is 24.1 Å². The molecular weight excluding hydrogens is 352 g/mol. The van der Waals surface area contributed by atoms with Gasteiger partial charge in [0.25, 0.3) is 0 Å². The molecule has 0 bridgehead atoms. The van der Waals surface area contributed by atoms with Crippen molar-refractivity contribution < 1.29 is 18.4 Å². The molecule has 1 aromatic rings. The molecule has 144 valence electrons. The van der Waals surface area contributed by atoms with E-state index in [2.05, 4.69) is 11.9 Å². The number of fused-ring (bicyclic) bond motifs is 1. The minimum Gasteiger partial charge on any atom is -0.329 e. The Morgan fingerprint density at radius 3 is 2.81 bits per heavy atom. The molecule has 0 aromatic heterocycles. The van der Waals surface area contributed by atoms with E-state index in [-0.39, 0.29) is 37.2 Å². The first-order chi connectivity index (χ1) is 12.8. The number of amides is 2. The number of nitrogens with two attached hydrogens (primary N) is 1. The van der Waals surface area contributed by atoms with E-state index in [4.69, 9.17) is 5.73 Å². The van der Waals surface area contributed by atoms with Crippen molar-refractivity contribution in [1.29, 1.82) is 0 Å². The van der Waals surface area contributed by atoms with E-state index in [0.717, 1.165) is 11.1 Å². The van der Waals surface area contributed by atoms with Crippen LogP contribution < -0.4 is 11.1 Å². The van der Waals surface area contributed by atoms with Gasteiger partial charge in [-0.2, -0.15) is 0 Å². The molecule has 3 N–H and O–H groups in total. The molecule has 2 aliphatic rings. The topological polar surface area (TPSA) is 75.4 Å². The number of carbonyl (C=O) groups is 2. The van der Waals surface area contributed by atoms with Crippen LogP contribution in [0, 0.1) is 11.6 Å². The molecule has 1 aliphatic carbocycles. The van der Waals surface area contributed by atoms with Crippen LogP contribution in [0.5, 0.6) is 0 Å². The van der Waals surface area contributed by atoms with E-state index in [1.54, 1.807) is 13.0 Å². The van der Waals surface area contributed by atoms with Gasteiger partial charge in [-0.25, -0.2) is 8.78 Å². The van der Waals surface area contributed by atoms with E-state index < -0.39 is 17.7 Å². The summed E-state index contributed by atoms with van der Waals surface area (Å²) < 4.78 is 27.0. The van der Waals surface area contributed by atoms with Crippen LogP contribution in [0.2, 0.25) is 0 Å². The predicted octanol–water partition coefficient (Wildman–Crippen LogP) is 2.13. The van der Waals surface area contributed by atoms with Crippen LogP contribution in [-0.2, 0) is 16.0 Å². The highest BCUT2D eigenvalue weighted by Crippen LogP contribution is 2.37. The zero-order valence-electron chi connectivity index (χ0n) is 15.2. The van der Waals surface area contributed by atoms with Crippen LogP contribution in [0.3, 0.4) is 0 Å². The van der Waals surface area contributed by atoms with Gasteiger partial charge < -0.3 is 16.0 Å². The molecule has 27 heavy (non-hydrogen) atoms. The van der Waals surface area contributed by atoms with E-state index in [9.17, 15) is 18.4 Å². The van der Waals surface area contributed by atoms with Gasteiger partial charge in [0.1, 0.15) is 6.54 Å². The summed E-state index contributed by atoms with van der Waals surface area (Å²) in [5, 5.41) is 2.73. The highest BCUT2D eigenvalue weighted by Gasteiger charge is 2.32. The van der Waals surface area contributed by atoms with Crippen molar-refractivity contribution in [2.45, 2.75) is 38.1 Å². The summed E-state index contributed by atoms with van der Waals surface area (Å²) in [6.07, 6.45) is 2.89. The Kier molecular flexibility index (Phi) is 5.41. The summed E-state index contributed by atoms with van der Waals surface area (Å²) in [5.74, 6) is -2.50. The molecule has 0 radical (unpaired) electrons. The highest BCUT2D eigenvalue weighted by atomic mass is 19.2. The number of hydrogen-bond donors (Lipinski definition) is 2. The number of allylic oxidation sites excluding steroid dienone is 1. The number of hydrogen-bond acceptors (Lipinski definition) is 3. The molecule has 0 saturated carbocycles. The molecule has 1 heterocycles. The van der Waals surface area contributed by atoms with Crippen molar-refractivity contribution in [3.63, 3.8) is 0 Å². The number of benzene rings is 1. The molecule has 2 atom stereocenters. The summed E-state index contributed by atoms with van der Waals surface area (Å²) in [7, 11) is 0. The van der Waals surface area contributed by atoms with Crippen LogP contribution in [0.25, 0.3) is 0 Å². The van der Waals surface area contributed by atoms with Gasteiger partial charge >= 0.3 is 0 Å². The molecule has 0 saturated heterocycles. The van der Waals surface area contributed by atoms with E-state index >= 15 is 0 Å².